The minimum atomic E-state index is -4.47. The van der Waals surface area contributed by atoms with Crippen molar-refractivity contribution in [1.29, 1.82) is 0 Å². The van der Waals surface area contributed by atoms with Crippen molar-refractivity contribution in [3.05, 3.63) is 0 Å². The zero-order valence-electron chi connectivity index (χ0n) is 11.4. The highest BCUT2D eigenvalue weighted by Gasteiger charge is 2.38. The van der Waals surface area contributed by atoms with Crippen LogP contribution in [0.25, 0.3) is 0 Å². The van der Waals surface area contributed by atoms with Gasteiger partial charge in [-0.3, -0.25) is 9.69 Å². The summed E-state index contributed by atoms with van der Waals surface area (Å²) in [5.41, 5.74) is -0.725. The van der Waals surface area contributed by atoms with Gasteiger partial charge in [-0.15, -0.1) is 11.8 Å². The molecule has 0 radical (unpaired) electrons. The summed E-state index contributed by atoms with van der Waals surface area (Å²) in [6, 6.07) is -0.933. The number of carbonyl (C=O) groups is 2. The number of alkyl halides is 3. The lowest BCUT2D eigenvalue weighted by molar-refractivity contribution is -0.140. The Labute approximate surface area is 119 Å². The maximum atomic E-state index is 12.1. The third-order valence-electron chi connectivity index (χ3n) is 2.28. The minimum Gasteiger partial charge on any atom is -0.444 e. The van der Waals surface area contributed by atoms with Crippen LogP contribution in [0.2, 0.25) is 0 Å². The molecule has 2 amide bonds. The Kier molecular flexibility index (Phi) is 5.17. The van der Waals surface area contributed by atoms with Crippen molar-refractivity contribution in [3.63, 3.8) is 0 Å². The van der Waals surface area contributed by atoms with E-state index in [0.717, 1.165) is 4.90 Å². The molecular weight excluding hydrogens is 297 g/mol. The molecule has 1 fully saturated rings. The van der Waals surface area contributed by atoms with Crippen molar-refractivity contribution in [3.8, 4) is 0 Å². The fourth-order valence-corrected chi connectivity index (χ4v) is 2.61. The van der Waals surface area contributed by atoms with Crippen LogP contribution in [0.1, 0.15) is 20.8 Å². The Balaban J connectivity index is 2.60. The number of nitrogens with zero attached hydrogens (tertiary/aromatic N) is 1. The van der Waals surface area contributed by atoms with Crippen molar-refractivity contribution in [2.75, 3.05) is 18.2 Å². The van der Waals surface area contributed by atoms with Crippen molar-refractivity contribution in [2.24, 2.45) is 0 Å². The topological polar surface area (TPSA) is 58.6 Å². The maximum absolute atomic E-state index is 12.1. The molecule has 1 heterocycles. The summed E-state index contributed by atoms with van der Waals surface area (Å²) in [6.45, 7) is 3.61. The molecule has 1 atom stereocenters. The Hall–Kier alpha value is -1.12. The first-order valence-corrected chi connectivity index (χ1v) is 7.07. The van der Waals surface area contributed by atoms with E-state index in [0.29, 0.717) is 0 Å². The zero-order chi connectivity index (χ0) is 15.6. The average molecular weight is 314 g/mol. The van der Waals surface area contributed by atoms with Gasteiger partial charge in [-0.05, 0) is 20.8 Å². The highest BCUT2D eigenvalue weighted by Crippen LogP contribution is 2.24. The predicted molar refractivity (Wildman–Crippen MR) is 68.3 cm³/mol. The molecule has 0 unspecified atom stereocenters. The first-order chi connectivity index (χ1) is 8.99. The molecule has 0 bridgehead atoms. The van der Waals surface area contributed by atoms with E-state index in [9.17, 15) is 22.8 Å². The fourth-order valence-electron chi connectivity index (χ4n) is 1.47. The van der Waals surface area contributed by atoms with Crippen molar-refractivity contribution < 1.29 is 27.5 Å². The van der Waals surface area contributed by atoms with Crippen LogP contribution in [0, 0.1) is 0 Å². The lowest BCUT2D eigenvalue weighted by atomic mass is 10.2. The van der Waals surface area contributed by atoms with E-state index in [1.54, 1.807) is 26.1 Å². The maximum Gasteiger partial charge on any atom is 0.411 e. The molecule has 0 aromatic heterocycles. The molecule has 1 aliphatic rings. The molecule has 0 aromatic rings. The molecule has 1 aliphatic heterocycles. The van der Waals surface area contributed by atoms with E-state index >= 15 is 0 Å². The van der Waals surface area contributed by atoms with Crippen LogP contribution >= 0.6 is 11.8 Å². The van der Waals surface area contributed by atoms with Crippen LogP contribution < -0.4 is 5.32 Å². The van der Waals surface area contributed by atoms with Crippen LogP contribution in [0.3, 0.4) is 0 Å². The quantitative estimate of drug-likeness (QED) is 0.847. The smallest absolute Gasteiger partial charge is 0.411 e. The molecule has 5 nitrogen and oxygen atoms in total. The molecule has 1 N–H and O–H groups in total. The van der Waals surface area contributed by atoms with Gasteiger partial charge in [-0.25, -0.2) is 4.79 Å². The second-order valence-corrected chi connectivity index (χ2v) is 6.30. The monoisotopic (exact) mass is 314 g/mol. The Morgan fingerprint density at radius 2 is 1.95 bits per heavy atom. The number of hydrogen-bond donors (Lipinski definition) is 1. The van der Waals surface area contributed by atoms with Gasteiger partial charge in [-0.1, -0.05) is 0 Å². The average Bonchev–Trinajstić information content (AvgIpc) is 2.71. The molecule has 1 saturated heterocycles. The molecule has 0 saturated carbocycles. The number of hydrogen-bond acceptors (Lipinski definition) is 4. The Bertz CT molecular complexity index is 382. The molecule has 1 rings (SSSR count). The molecule has 9 heteroatoms. The molecule has 20 heavy (non-hydrogen) atoms. The normalized spacial score (nSPS) is 19.9. The van der Waals surface area contributed by atoms with Gasteiger partial charge in [0.25, 0.3) is 0 Å². The molecule has 0 aromatic carbocycles. The first kappa shape index (κ1) is 16.9. The second kappa shape index (κ2) is 6.11. The van der Waals surface area contributed by atoms with Crippen LogP contribution in [0.5, 0.6) is 0 Å². The summed E-state index contributed by atoms with van der Waals surface area (Å²) >= 11 is 1.29. The molecule has 116 valence electrons. The second-order valence-electron chi connectivity index (χ2n) is 5.30. The summed E-state index contributed by atoms with van der Waals surface area (Å²) < 4.78 is 41.3. The van der Waals surface area contributed by atoms with E-state index in [1.807, 2.05) is 0 Å². The fraction of sp³-hybridized carbons (Fsp3) is 0.818. The number of ether oxygens (including phenoxy) is 1. The number of rotatable bonds is 2. The van der Waals surface area contributed by atoms with Crippen molar-refractivity contribution >= 4 is 23.8 Å². The Morgan fingerprint density at radius 3 is 2.45 bits per heavy atom. The highest BCUT2D eigenvalue weighted by molar-refractivity contribution is 7.99. The third-order valence-corrected chi connectivity index (χ3v) is 3.29. The molecule has 0 aliphatic carbocycles. The van der Waals surface area contributed by atoms with E-state index < -0.39 is 36.4 Å². The summed E-state index contributed by atoms with van der Waals surface area (Å²) in [6.07, 6.45) is -5.17. The number of halogens is 3. The summed E-state index contributed by atoms with van der Waals surface area (Å²) in [7, 11) is 0. The summed E-state index contributed by atoms with van der Waals surface area (Å²) in [5, 5.41) is 1.79. The van der Waals surface area contributed by atoms with E-state index in [4.69, 9.17) is 4.74 Å². The van der Waals surface area contributed by atoms with E-state index in [-0.39, 0.29) is 11.6 Å². The van der Waals surface area contributed by atoms with Gasteiger partial charge in [0.05, 0.1) is 5.88 Å². The SMILES string of the molecule is CC(C)(C)OC(=O)N1CSC[C@@H]1C(=O)NCC(F)(F)F. The number of thioether (sulfide) groups is 1. The van der Waals surface area contributed by atoms with E-state index in [2.05, 4.69) is 0 Å². The number of amides is 2. The van der Waals surface area contributed by atoms with Gasteiger partial charge < -0.3 is 10.1 Å². The van der Waals surface area contributed by atoms with Gasteiger partial charge in [0, 0.05) is 5.75 Å². The van der Waals surface area contributed by atoms with Gasteiger partial charge in [0.2, 0.25) is 5.91 Å². The number of carbonyl (C=O) groups excluding carboxylic acids is 2. The van der Waals surface area contributed by atoms with Crippen molar-refractivity contribution in [2.45, 2.75) is 38.6 Å². The molecule has 0 spiro atoms. The van der Waals surface area contributed by atoms with Crippen LogP contribution in [0.4, 0.5) is 18.0 Å². The predicted octanol–water partition coefficient (Wildman–Crippen LogP) is 1.97. The van der Waals surface area contributed by atoms with Crippen molar-refractivity contribution in [1.82, 2.24) is 10.2 Å². The third kappa shape index (κ3) is 5.48. The summed E-state index contributed by atoms with van der Waals surface area (Å²) in [5.74, 6) is -0.347. The van der Waals surface area contributed by atoms with Crippen LogP contribution in [-0.4, -0.2) is 52.9 Å². The largest absolute Gasteiger partial charge is 0.444 e. The van der Waals surface area contributed by atoms with Gasteiger partial charge in [0.1, 0.15) is 18.2 Å². The molecular formula is C11H17F3N2O3S. The highest BCUT2D eigenvalue weighted by atomic mass is 32.2. The first-order valence-electron chi connectivity index (χ1n) is 5.91. The lowest BCUT2D eigenvalue weighted by Gasteiger charge is -2.27. The zero-order valence-corrected chi connectivity index (χ0v) is 12.2. The van der Waals surface area contributed by atoms with Gasteiger partial charge >= 0.3 is 12.3 Å². The number of nitrogens with one attached hydrogen (secondary N) is 1. The van der Waals surface area contributed by atoms with Crippen LogP contribution in [-0.2, 0) is 9.53 Å². The van der Waals surface area contributed by atoms with E-state index in [1.165, 1.54) is 11.8 Å². The minimum absolute atomic E-state index is 0.221. The standard InChI is InChI=1S/C11H17F3N2O3S/c1-10(2,3)19-9(18)16-6-20-4-7(16)8(17)15-5-11(12,13)14/h7H,4-6H2,1-3H3,(H,15,17)/t7-/m1/s1. The summed E-state index contributed by atoms with van der Waals surface area (Å²) in [4.78, 5) is 24.7. The Morgan fingerprint density at radius 1 is 1.35 bits per heavy atom. The van der Waals surface area contributed by atoms with Gasteiger partial charge in [0.15, 0.2) is 0 Å². The van der Waals surface area contributed by atoms with Crippen LogP contribution in [0.15, 0.2) is 0 Å². The lowest BCUT2D eigenvalue weighted by Crippen LogP contribution is -2.50. The van der Waals surface area contributed by atoms with Gasteiger partial charge in [-0.2, -0.15) is 13.2 Å².